The number of carbonyl (C=O) groups excluding carboxylic acids is 1. The molecule has 2 aromatic rings. The van der Waals surface area contributed by atoms with Crippen LogP contribution in [-0.2, 0) is 0 Å². The molecule has 1 aliphatic heterocycles. The second-order valence-electron chi connectivity index (χ2n) is 5.73. The summed E-state index contributed by atoms with van der Waals surface area (Å²) in [4.78, 5) is 18.0. The number of nitrogens with one attached hydrogen (secondary N) is 1. The van der Waals surface area contributed by atoms with Gasteiger partial charge in [0.2, 0.25) is 0 Å². The van der Waals surface area contributed by atoms with Gasteiger partial charge in [-0.25, -0.2) is 0 Å². The molecule has 4 heteroatoms. The summed E-state index contributed by atoms with van der Waals surface area (Å²) in [7, 11) is 0. The number of hydrogen-bond donors (Lipinski definition) is 2. The first-order valence-corrected chi connectivity index (χ1v) is 7.28. The van der Waals surface area contributed by atoms with Crippen LogP contribution in [0.1, 0.15) is 30.1 Å². The van der Waals surface area contributed by atoms with E-state index in [1.165, 1.54) is 0 Å². The van der Waals surface area contributed by atoms with Crippen molar-refractivity contribution < 1.29 is 4.79 Å². The van der Waals surface area contributed by atoms with Crippen molar-refractivity contribution in [3.63, 3.8) is 0 Å². The highest BCUT2D eigenvalue weighted by atomic mass is 16.2. The van der Waals surface area contributed by atoms with Gasteiger partial charge in [0.1, 0.15) is 0 Å². The highest BCUT2D eigenvalue weighted by Gasteiger charge is 2.29. The number of benzene rings is 1. The van der Waals surface area contributed by atoms with Crippen LogP contribution < -0.4 is 5.73 Å². The Kier molecular flexibility index (Phi) is 3.49. The van der Waals surface area contributed by atoms with Crippen LogP contribution in [-0.4, -0.2) is 34.9 Å². The van der Waals surface area contributed by atoms with E-state index >= 15 is 0 Å². The maximum absolute atomic E-state index is 12.9. The molecule has 0 bridgehead atoms. The summed E-state index contributed by atoms with van der Waals surface area (Å²) in [5, 5.41) is 1.000. The van der Waals surface area contributed by atoms with Crippen molar-refractivity contribution in [2.45, 2.75) is 25.8 Å². The van der Waals surface area contributed by atoms with Crippen LogP contribution in [0.3, 0.4) is 0 Å². The minimum absolute atomic E-state index is 0.126. The lowest BCUT2D eigenvalue weighted by Crippen LogP contribution is -2.47. The smallest absolute Gasteiger partial charge is 0.254 e. The van der Waals surface area contributed by atoms with E-state index in [0.29, 0.717) is 18.5 Å². The molecule has 0 aliphatic carbocycles. The fourth-order valence-electron chi connectivity index (χ4n) is 3.08. The first-order valence-electron chi connectivity index (χ1n) is 7.28. The van der Waals surface area contributed by atoms with Crippen molar-refractivity contribution in [2.75, 3.05) is 13.1 Å². The molecule has 2 heterocycles. The molecule has 0 saturated carbocycles. The van der Waals surface area contributed by atoms with Gasteiger partial charge in [0.05, 0.1) is 0 Å². The third kappa shape index (κ3) is 2.20. The first-order chi connectivity index (χ1) is 9.70. The van der Waals surface area contributed by atoms with E-state index in [1.807, 2.05) is 35.4 Å². The van der Waals surface area contributed by atoms with Gasteiger partial charge in [-0.15, -0.1) is 0 Å². The van der Waals surface area contributed by atoms with Crippen molar-refractivity contribution >= 4 is 16.8 Å². The second kappa shape index (κ2) is 5.29. The number of nitrogens with two attached hydrogens (primary N) is 1. The van der Waals surface area contributed by atoms with Gasteiger partial charge in [0.15, 0.2) is 0 Å². The largest absolute Gasteiger partial charge is 0.361 e. The van der Waals surface area contributed by atoms with E-state index in [2.05, 4.69) is 11.9 Å². The number of hydrogen-bond acceptors (Lipinski definition) is 2. The Balaban J connectivity index is 1.93. The molecular weight excluding hydrogens is 250 g/mol. The molecule has 1 saturated heterocycles. The zero-order valence-electron chi connectivity index (χ0n) is 11.8. The van der Waals surface area contributed by atoms with Gasteiger partial charge in [-0.2, -0.15) is 0 Å². The normalized spacial score (nSPS) is 23.2. The SMILES string of the molecule is CC1CCC(CN)CN1C(=O)c1cccc2[nH]ccc12. The van der Waals surface area contributed by atoms with E-state index in [-0.39, 0.29) is 5.91 Å². The fraction of sp³-hybridized carbons (Fsp3) is 0.438. The number of carbonyl (C=O) groups is 1. The Morgan fingerprint density at radius 2 is 2.25 bits per heavy atom. The topological polar surface area (TPSA) is 62.1 Å². The maximum Gasteiger partial charge on any atom is 0.254 e. The van der Waals surface area contributed by atoms with Gasteiger partial charge >= 0.3 is 0 Å². The summed E-state index contributed by atoms with van der Waals surface area (Å²) in [6, 6.07) is 8.10. The molecule has 3 rings (SSSR count). The van der Waals surface area contributed by atoms with E-state index in [1.54, 1.807) is 0 Å². The minimum atomic E-state index is 0.126. The molecule has 1 aromatic heterocycles. The number of rotatable bonds is 2. The summed E-state index contributed by atoms with van der Waals surface area (Å²) in [5.41, 5.74) is 7.58. The third-order valence-electron chi connectivity index (χ3n) is 4.40. The number of fused-ring (bicyclic) bond motifs is 1. The molecule has 20 heavy (non-hydrogen) atoms. The van der Waals surface area contributed by atoms with Gasteiger partial charge in [-0.3, -0.25) is 4.79 Å². The number of aromatic amines is 1. The first kappa shape index (κ1) is 13.2. The Morgan fingerprint density at radius 3 is 3.05 bits per heavy atom. The fourth-order valence-corrected chi connectivity index (χ4v) is 3.08. The molecule has 1 amide bonds. The Bertz CT molecular complexity index is 619. The van der Waals surface area contributed by atoms with Crippen LogP contribution >= 0.6 is 0 Å². The van der Waals surface area contributed by atoms with E-state index < -0.39 is 0 Å². The van der Waals surface area contributed by atoms with Crippen molar-refractivity contribution in [3.8, 4) is 0 Å². The van der Waals surface area contributed by atoms with Crippen molar-refractivity contribution in [1.82, 2.24) is 9.88 Å². The molecule has 4 nitrogen and oxygen atoms in total. The number of amides is 1. The van der Waals surface area contributed by atoms with Crippen molar-refractivity contribution in [2.24, 2.45) is 11.7 Å². The predicted molar refractivity (Wildman–Crippen MR) is 80.6 cm³/mol. The summed E-state index contributed by atoms with van der Waals surface area (Å²) in [6.45, 7) is 3.56. The summed E-state index contributed by atoms with van der Waals surface area (Å²) >= 11 is 0. The Morgan fingerprint density at radius 1 is 1.40 bits per heavy atom. The van der Waals surface area contributed by atoms with E-state index in [0.717, 1.165) is 35.9 Å². The number of piperidine rings is 1. The average Bonchev–Trinajstić information content (AvgIpc) is 2.95. The molecular formula is C16H21N3O. The highest BCUT2D eigenvalue weighted by Crippen LogP contribution is 2.25. The zero-order chi connectivity index (χ0) is 14.1. The Hall–Kier alpha value is -1.81. The number of nitrogens with zero attached hydrogens (tertiary/aromatic N) is 1. The van der Waals surface area contributed by atoms with Gasteiger partial charge in [-0.1, -0.05) is 6.07 Å². The van der Waals surface area contributed by atoms with Crippen molar-refractivity contribution in [3.05, 3.63) is 36.0 Å². The summed E-state index contributed by atoms with van der Waals surface area (Å²) < 4.78 is 0. The second-order valence-corrected chi connectivity index (χ2v) is 5.73. The maximum atomic E-state index is 12.9. The molecule has 2 atom stereocenters. The monoisotopic (exact) mass is 271 g/mol. The molecule has 2 unspecified atom stereocenters. The molecule has 0 spiro atoms. The average molecular weight is 271 g/mol. The third-order valence-corrected chi connectivity index (χ3v) is 4.40. The molecule has 0 radical (unpaired) electrons. The highest BCUT2D eigenvalue weighted by molar-refractivity contribution is 6.06. The number of likely N-dealkylation sites (tertiary alicyclic amines) is 1. The summed E-state index contributed by atoms with van der Waals surface area (Å²) in [5.74, 6) is 0.557. The molecule has 1 aromatic carbocycles. The van der Waals surface area contributed by atoms with Crippen molar-refractivity contribution in [1.29, 1.82) is 0 Å². The lowest BCUT2D eigenvalue weighted by Gasteiger charge is -2.37. The van der Waals surface area contributed by atoms with Gasteiger partial charge in [0, 0.05) is 35.2 Å². The minimum Gasteiger partial charge on any atom is -0.361 e. The molecule has 106 valence electrons. The lowest BCUT2D eigenvalue weighted by molar-refractivity contribution is 0.0569. The van der Waals surface area contributed by atoms with Crippen LogP contribution in [0.4, 0.5) is 0 Å². The number of H-pyrrole nitrogens is 1. The van der Waals surface area contributed by atoms with Crippen LogP contribution in [0.15, 0.2) is 30.5 Å². The van der Waals surface area contributed by atoms with Crippen LogP contribution in [0.2, 0.25) is 0 Å². The van der Waals surface area contributed by atoms with Gasteiger partial charge < -0.3 is 15.6 Å². The van der Waals surface area contributed by atoms with Crippen LogP contribution in [0.5, 0.6) is 0 Å². The van der Waals surface area contributed by atoms with E-state index in [4.69, 9.17) is 5.73 Å². The van der Waals surface area contributed by atoms with Crippen LogP contribution in [0.25, 0.3) is 10.9 Å². The predicted octanol–water partition coefficient (Wildman–Crippen LogP) is 2.37. The molecule has 1 fully saturated rings. The standard InChI is InChI=1S/C16H21N3O/c1-11-5-6-12(9-17)10-19(11)16(20)14-3-2-4-15-13(14)7-8-18-15/h2-4,7-8,11-12,18H,5-6,9-10,17H2,1H3. The quantitative estimate of drug-likeness (QED) is 0.881. The lowest BCUT2D eigenvalue weighted by atomic mass is 9.92. The van der Waals surface area contributed by atoms with Crippen LogP contribution in [0, 0.1) is 5.92 Å². The Labute approximate surface area is 118 Å². The van der Waals surface area contributed by atoms with Gasteiger partial charge in [0.25, 0.3) is 5.91 Å². The number of aromatic nitrogens is 1. The summed E-state index contributed by atoms with van der Waals surface area (Å²) in [6.07, 6.45) is 4.04. The zero-order valence-corrected chi connectivity index (χ0v) is 11.8. The van der Waals surface area contributed by atoms with E-state index in [9.17, 15) is 4.79 Å². The molecule has 3 N–H and O–H groups in total. The van der Waals surface area contributed by atoms with Gasteiger partial charge in [-0.05, 0) is 50.4 Å². The molecule has 1 aliphatic rings.